The number of carbonyl (C=O) groups is 2. The first-order valence-electron chi connectivity index (χ1n) is 12.2. The molecular formula is C28H33ClN4O3. The first-order chi connectivity index (χ1) is 17.0. The van der Waals surface area contributed by atoms with Crippen molar-refractivity contribution in [3.63, 3.8) is 0 Å². The summed E-state index contributed by atoms with van der Waals surface area (Å²) in [4.78, 5) is 27.7. The monoisotopic (exact) mass is 508 g/mol. The van der Waals surface area contributed by atoms with Gasteiger partial charge in [-0.05, 0) is 82.9 Å². The molecule has 0 radical (unpaired) electrons. The van der Waals surface area contributed by atoms with Crippen molar-refractivity contribution in [1.82, 2.24) is 14.7 Å². The van der Waals surface area contributed by atoms with E-state index in [0.717, 1.165) is 22.5 Å². The van der Waals surface area contributed by atoms with Crippen LogP contribution in [0.1, 0.15) is 66.7 Å². The fourth-order valence-corrected chi connectivity index (χ4v) is 4.60. The van der Waals surface area contributed by atoms with Gasteiger partial charge in [0.1, 0.15) is 5.60 Å². The van der Waals surface area contributed by atoms with Crippen LogP contribution in [0.15, 0.2) is 48.7 Å². The largest absolute Gasteiger partial charge is 0.444 e. The number of hydrogen-bond acceptors (Lipinski definition) is 4. The Labute approximate surface area is 217 Å². The molecule has 1 fully saturated rings. The second-order valence-corrected chi connectivity index (χ2v) is 10.8. The number of amides is 2. The second kappa shape index (κ2) is 10.3. The van der Waals surface area contributed by atoms with Crippen LogP contribution >= 0.6 is 11.6 Å². The minimum Gasteiger partial charge on any atom is -0.444 e. The number of hydrogen-bond donors (Lipinski definition) is 1. The van der Waals surface area contributed by atoms with Crippen LogP contribution in [0.4, 0.5) is 10.5 Å². The average Bonchev–Trinajstić information content (AvgIpc) is 3.26. The van der Waals surface area contributed by atoms with Crippen LogP contribution in [0.25, 0.3) is 5.69 Å². The predicted molar refractivity (Wildman–Crippen MR) is 142 cm³/mol. The predicted octanol–water partition coefficient (Wildman–Crippen LogP) is 6.51. The van der Waals surface area contributed by atoms with E-state index in [9.17, 15) is 9.59 Å². The standard InChI is InChI=1S/C28H33ClN4O3/c1-18-7-6-8-22(15-18)33-25(20-11-13-32(14-12-20)27(35)36-28(3,4)5)23(17-30-33)26(34)31-21-10-9-19(2)24(29)16-21/h6-10,15-17,20H,11-14H2,1-5H3,(H,31,34). The number of anilines is 1. The van der Waals surface area contributed by atoms with Crippen LogP contribution in [-0.2, 0) is 4.74 Å². The molecule has 1 aliphatic rings. The van der Waals surface area contributed by atoms with E-state index in [0.29, 0.717) is 42.2 Å². The minimum absolute atomic E-state index is 0.0501. The molecule has 0 atom stereocenters. The molecule has 190 valence electrons. The Bertz CT molecular complexity index is 1270. The maximum atomic E-state index is 13.4. The summed E-state index contributed by atoms with van der Waals surface area (Å²) < 4.78 is 7.41. The lowest BCUT2D eigenvalue weighted by molar-refractivity contribution is 0.0203. The summed E-state index contributed by atoms with van der Waals surface area (Å²) in [6, 6.07) is 13.5. The molecule has 0 saturated carbocycles. The molecule has 0 spiro atoms. The van der Waals surface area contributed by atoms with Gasteiger partial charge in [-0.1, -0.05) is 29.8 Å². The number of halogens is 1. The highest BCUT2D eigenvalue weighted by Gasteiger charge is 2.32. The van der Waals surface area contributed by atoms with Crippen LogP contribution in [-0.4, -0.2) is 45.4 Å². The van der Waals surface area contributed by atoms with E-state index in [1.54, 1.807) is 17.2 Å². The maximum Gasteiger partial charge on any atom is 0.410 e. The second-order valence-electron chi connectivity index (χ2n) is 10.4. The molecule has 1 aliphatic heterocycles. The number of ether oxygens (including phenoxy) is 1. The highest BCUT2D eigenvalue weighted by molar-refractivity contribution is 6.31. The summed E-state index contributed by atoms with van der Waals surface area (Å²) in [5, 5.41) is 8.19. The number of piperidine rings is 1. The van der Waals surface area contributed by atoms with Crippen LogP contribution in [0.3, 0.4) is 0 Å². The average molecular weight is 509 g/mol. The Kier molecular flexibility index (Phi) is 7.41. The summed E-state index contributed by atoms with van der Waals surface area (Å²) >= 11 is 6.26. The Balaban J connectivity index is 1.62. The van der Waals surface area contributed by atoms with Gasteiger partial charge in [0.05, 0.1) is 23.1 Å². The van der Waals surface area contributed by atoms with Crippen molar-refractivity contribution in [1.29, 1.82) is 0 Å². The highest BCUT2D eigenvalue weighted by Crippen LogP contribution is 2.33. The molecule has 7 nitrogen and oxygen atoms in total. The van der Waals surface area contributed by atoms with Crippen LogP contribution < -0.4 is 5.32 Å². The number of carbonyl (C=O) groups excluding carboxylic acids is 2. The number of nitrogens with zero attached hydrogens (tertiary/aromatic N) is 3. The van der Waals surface area contributed by atoms with Gasteiger partial charge in [0, 0.05) is 29.7 Å². The summed E-state index contributed by atoms with van der Waals surface area (Å²) in [6.07, 6.45) is 2.73. The van der Waals surface area contributed by atoms with E-state index >= 15 is 0 Å². The first kappa shape index (κ1) is 25.8. The number of aryl methyl sites for hydroxylation is 2. The summed E-state index contributed by atoms with van der Waals surface area (Å²) in [6.45, 7) is 10.6. The molecule has 2 heterocycles. The highest BCUT2D eigenvalue weighted by atomic mass is 35.5. The van der Waals surface area contributed by atoms with Crippen molar-refractivity contribution in [3.05, 3.63) is 76.1 Å². The topological polar surface area (TPSA) is 76.5 Å². The van der Waals surface area contributed by atoms with E-state index in [1.165, 1.54) is 0 Å². The molecule has 0 bridgehead atoms. The number of likely N-dealkylation sites (tertiary alicyclic amines) is 1. The molecule has 36 heavy (non-hydrogen) atoms. The van der Waals surface area contributed by atoms with Crippen LogP contribution in [0.2, 0.25) is 5.02 Å². The van der Waals surface area contributed by atoms with Crippen molar-refractivity contribution >= 4 is 29.3 Å². The van der Waals surface area contributed by atoms with Crippen LogP contribution in [0, 0.1) is 13.8 Å². The lowest BCUT2D eigenvalue weighted by Gasteiger charge is -2.34. The SMILES string of the molecule is Cc1cccc(-n2ncc(C(=O)Nc3ccc(C)c(Cl)c3)c2C2CCN(C(=O)OC(C)(C)C)CC2)c1. The number of nitrogens with one attached hydrogen (secondary N) is 1. The van der Waals surface area contributed by atoms with Gasteiger partial charge >= 0.3 is 6.09 Å². The van der Waals surface area contributed by atoms with Gasteiger partial charge < -0.3 is 15.0 Å². The van der Waals surface area contributed by atoms with Gasteiger partial charge in [0.2, 0.25) is 0 Å². The summed E-state index contributed by atoms with van der Waals surface area (Å²) in [5.41, 5.74) is 4.40. The third-order valence-corrected chi connectivity index (χ3v) is 6.67. The fraction of sp³-hybridized carbons (Fsp3) is 0.393. The molecule has 1 N–H and O–H groups in total. The van der Waals surface area contributed by atoms with E-state index in [4.69, 9.17) is 16.3 Å². The van der Waals surface area contributed by atoms with Gasteiger partial charge in [-0.2, -0.15) is 5.10 Å². The van der Waals surface area contributed by atoms with Crippen molar-refractivity contribution in [2.45, 2.75) is 59.0 Å². The molecule has 1 aromatic heterocycles. The Morgan fingerprint density at radius 3 is 2.44 bits per heavy atom. The lowest BCUT2D eigenvalue weighted by Crippen LogP contribution is -2.41. The fourth-order valence-electron chi connectivity index (χ4n) is 4.42. The quantitative estimate of drug-likeness (QED) is 0.436. The van der Waals surface area contributed by atoms with E-state index in [2.05, 4.69) is 10.4 Å². The molecular weight excluding hydrogens is 476 g/mol. The van der Waals surface area contributed by atoms with Crippen LogP contribution in [0.5, 0.6) is 0 Å². The van der Waals surface area contributed by atoms with Gasteiger partial charge in [0.25, 0.3) is 5.91 Å². The normalized spacial score (nSPS) is 14.6. The number of rotatable bonds is 4. The molecule has 2 amide bonds. The third-order valence-electron chi connectivity index (χ3n) is 6.26. The van der Waals surface area contributed by atoms with Crippen molar-refractivity contribution < 1.29 is 14.3 Å². The Hall–Kier alpha value is -3.32. The van der Waals surface area contributed by atoms with E-state index in [-0.39, 0.29) is 17.9 Å². The zero-order valence-corrected chi connectivity index (χ0v) is 22.2. The molecule has 8 heteroatoms. The van der Waals surface area contributed by atoms with Gasteiger partial charge in [0.15, 0.2) is 0 Å². The molecule has 2 aromatic carbocycles. The van der Waals surface area contributed by atoms with Gasteiger partial charge in [-0.15, -0.1) is 0 Å². The Morgan fingerprint density at radius 2 is 1.81 bits per heavy atom. The minimum atomic E-state index is -0.540. The number of aromatic nitrogens is 2. The van der Waals surface area contributed by atoms with E-state index < -0.39 is 5.60 Å². The van der Waals surface area contributed by atoms with Gasteiger partial charge in [-0.25, -0.2) is 9.48 Å². The maximum absolute atomic E-state index is 13.4. The van der Waals surface area contributed by atoms with Crippen molar-refractivity contribution in [3.8, 4) is 5.69 Å². The smallest absolute Gasteiger partial charge is 0.410 e. The molecule has 0 aliphatic carbocycles. The first-order valence-corrected chi connectivity index (χ1v) is 12.6. The van der Waals surface area contributed by atoms with E-state index in [1.807, 2.05) is 75.7 Å². The summed E-state index contributed by atoms with van der Waals surface area (Å²) in [7, 11) is 0. The lowest BCUT2D eigenvalue weighted by atomic mass is 9.90. The van der Waals surface area contributed by atoms with Crippen molar-refractivity contribution in [2.75, 3.05) is 18.4 Å². The molecule has 3 aromatic rings. The Morgan fingerprint density at radius 1 is 1.08 bits per heavy atom. The third kappa shape index (κ3) is 5.90. The zero-order valence-electron chi connectivity index (χ0n) is 21.5. The summed E-state index contributed by atoms with van der Waals surface area (Å²) in [5.74, 6) is -0.188. The molecule has 1 saturated heterocycles. The zero-order chi connectivity index (χ0) is 26.0. The number of benzene rings is 2. The van der Waals surface area contributed by atoms with Crippen molar-refractivity contribution in [2.24, 2.45) is 0 Å². The molecule has 4 rings (SSSR count). The van der Waals surface area contributed by atoms with Gasteiger partial charge in [-0.3, -0.25) is 4.79 Å². The molecule has 0 unspecified atom stereocenters.